The number of hydrogen-bond donors (Lipinski definition) is 0. The summed E-state index contributed by atoms with van der Waals surface area (Å²) in [7, 11) is -2.99. The molecule has 1 aliphatic rings. The van der Waals surface area contributed by atoms with Crippen LogP contribution >= 0.6 is 0 Å². The zero-order valence-electron chi connectivity index (χ0n) is 10.0. The number of hydrogen-bond acceptors (Lipinski definition) is 4. The van der Waals surface area contributed by atoms with Crippen molar-refractivity contribution in [1.29, 1.82) is 0 Å². The molecule has 1 saturated heterocycles. The molecule has 1 atom stereocenters. The van der Waals surface area contributed by atoms with Crippen molar-refractivity contribution in [2.24, 2.45) is 0 Å². The summed E-state index contributed by atoms with van der Waals surface area (Å²) in [4.78, 5) is 11.6. The molecule has 4 nitrogen and oxygen atoms in total. The predicted molar refractivity (Wildman–Crippen MR) is 67.9 cm³/mol. The van der Waals surface area contributed by atoms with E-state index in [9.17, 15) is 13.2 Å². The number of rotatable bonds is 4. The van der Waals surface area contributed by atoms with E-state index in [2.05, 4.69) is 0 Å². The van der Waals surface area contributed by atoms with Crippen LogP contribution in [0.15, 0.2) is 30.3 Å². The van der Waals surface area contributed by atoms with E-state index in [1.165, 1.54) is 0 Å². The SMILES string of the molecule is O=C(CCc1ccccc1)OC1CCS(=O)(=O)C1. The molecule has 18 heavy (non-hydrogen) atoms. The molecule has 0 amide bonds. The second-order valence-corrected chi connectivity index (χ2v) is 6.73. The summed E-state index contributed by atoms with van der Waals surface area (Å²) in [6, 6.07) is 9.67. The molecule has 1 heterocycles. The number of aryl methyl sites for hydroxylation is 1. The molecule has 0 saturated carbocycles. The Bertz CT molecular complexity index is 507. The minimum absolute atomic E-state index is 0.0237. The minimum Gasteiger partial charge on any atom is -0.461 e. The van der Waals surface area contributed by atoms with Crippen molar-refractivity contribution in [3.63, 3.8) is 0 Å². The third kappa shape index (κ3) is 3.84. The zero-order chi connectivity index (χ0) is 13.0. The highest BCUT2D eigenvalue weighted by atomic mass is 32.2. The molecule has 98 valence electrons. The first-order valence-electron chi connectivity index (χ1n) is 5.99. The van der Waals surface area contributed by atoms with Crippen molar-refractivity contribution in [3.8, 4) is 0 Å². The molecule has 1 aromatic carbocycles. The van der Waals surface area contributed by atoms with Gasteiger partial charge in [-0.3, -0.25) is 4.79 Å². The summed E-state index contributed by atoms with van der Waals surface area (Å²) < 4.78 is 27.6. The first kappa shape index (κ1) is 13.1. The molecule has 0 aliphatic carbocycles. The van der Waals surface area contributed by atoms with Crippen LogP contribution in [0.4, 0.5) is 0 Å². The molecule has 0 bridgehead atoms. The summed E-state index contributed by atoms with van der Waals surface area (Å²) in [5.74, 6) is -0.214. The van der Waals surface area contributed by atoms with Crippen LogP contribution in [-0.4, -0.2) is 32.0 Å². The molecular weight excluding hydrogens is 252 g/mol. The summed E-state index contributed by atoms with van der Waals surface area (Å²) in [6.07, 6.45) is 0.900. The monoisotopic (exact) mass is 268 g/mol. The fourth-order valence-electron chi connectivity index (χ4n) is 1.99. The molecular formula is C13H16O4S. The van der Waals surface area contributed by atoms with E-state index >= 15 is 0 Å². The third-order valence-corrected chi connectivity index (χ3v) is 4.69. The van der Waals surface area contributed by atoms with Gasteiger partial charge in [0.2, 0.25) is 0 Å². The van der Waals surface area contributed by atoms with Gasteiger partial charge < -0.3 is 4.74 Å². The van der Waals surface area contributed by atoms with E-state index in [1.807, 2.05) is 30.3 Å². The molecule has 1 aromatic rings. The van der Waals surface area contributed by atoms with Crippen LogP contribution in [0.3, 0.4) is 0 Å². The first-order chi connectivity index (χ1) is 8.55. The van der Waals surface area contributed by atoms with Gasteiger partial charge in [0.25, 0.3) is 0 Å². The van der Waals surface area contributed by atoms with E-state index in [1.54, 1.807) is 0 Å². The Kier molecular flexibility index (Phi) is 4.01. The smallest absolute Gasteiger partial charge is 0.306 e. The van der Waals surface area contributed by atoms with Crippen LogP contribution in [-0.2, 0) is 25.8 Å². The van der Waals surface area contributed by atoms with Gasteiger partial charge in [-0.25, -0.2) is 8.42 Å². The lowest BCUT2D eigenvalue weighted by atomic mass is 10.1. The molecule has 1 aliphatic heterocycles. The van der Waals surface area contributed by atoms with E-state index < -0.39 is 15.9 Å². The van der Waals surface area contributed by atoms with Gasteiger partial charge in [-0.05, 0) is 18.4 Å². The normalized spacial score (nSPS) is 21.7. The molecule has 0 N–H and O–H groups in total. The van der Waals surface area contributed by atoms with Gasteiger partial charge >= 0.3 is 5.97 Å². The zero-order valence-corrected chi connectivity index (χ0v) is 10.9. The fourth-order valence-corrected chi connectivity index (χ4v) is 3.58. The molecule has 1 unspecified atom stereocenters. The van der Waals surface area contributed by atoms with Crippen molar-refractivity contribution >= 4 is 15.8 Å². The Morgan fingerprint density at radius 1 is 1.28 bits per heavy atom. The lowest BCUT2D eigenvalue weighted by Crippen LogP contribution is -2.19. The third-order valence-electron chi connectivity index (χ3n) is 2.95. The first-order valence-corrected chi connectivity index (χ1v) is 7.81. The highest BCUT2D eigenvalue weighted by Gasteiger charge is 2.30. The average molecular weight is 268 g/mol. The van der Waals surface area contributed by atoms with E-state index in [-0.39, 0.29) is 17.5 Å². The van der Waals surface area contributed by atoms with Gasteiger partial charge in [-0.15, -0.1) is 0 Å². The van der Waals surface area contributed by atoms with Crippen LogP contribution < -0.4 is 0 Å². The number of carbonyl (C=O) groups is 1. The Morgan fingerprint density at radius 3 is 2.61 bits per heavy atom. The van der Waals surface area contributed by atoms with Gasteiger partial charge in [0.15, 0.2) is 9.84 Å². The summed E-state index contributed by atoms with van der Waals surface area (Å²) in [6.45, 7) is 0. The minimum atomic E-state index is -2.99. The second kappa shape index (κ2) is 5.52. The standard InChI is InChI=1S/C13H16O4S/c14-13(7-6-11-4-2-1-3-5-11)17-12-8-9-18(15,16)10-12/h1-5,12H,6-10H2. The van der Waals surface area contributed by atoms with Crippen LogP contribution in [0.25, 0.3) is 0 Å². The van der Waals surface area contributed by atoms with Crippen LogP contribution in [0.5, 0.6) is 0 Å². The van der Waals surface area contributed by atoms with Crippen molar-refractivity contribution in [2.45, 2.75) is 25.4 Å². The number of ether oxygens (including phenoxy) is 1. The Hall–Kier alpha value is -1.36. The number of benzene rings is 1. The van der Waals surface area contributed by atoms with Crippen molar-refractivity contribution in [3.05, 3.63) is 35.9 Å². The quantitative estimate of drug-likeness (QED) is 0.773. The molecule has 1 fully saturated rings. The van der Waals surface area contributed by atoms with Crippen LogP contribution in [0.1, 0.15) is 18.4 Å². The average Bonchev–Trinajstić information content (AvgIpc) is 2.67. The summed E-state index contributed by atoms with van der Waals surface area (Å²) >= 11 is 0. The highest BCUT2D eigenvalue weighted by molar-refractivity contribution is 7.91. The maximum atomic E-state index is 11.6. The van der Waals surface area contributed by atoms with Crippen molar-refractivity contribution in [2.75, 3.05) is 11.5 Å². The molecule has 5 heteroatoms. The maximum Gasteiger partial charge on any atom is 0.306 e. The van der Waals surface area contributed by atoms with Gasteiger partial charge in [-0.2, -0.15) is 0 Å². The highest BCUT2D eigenvalue weighted by Crippen LogP contribution is 2.15. The number of carbonyl (C=O) groups excluding carboxylic acids is 1. The van der Waals surface area contributed by atoms with Gasteiger partial charge in [0.05, 0.1) is 11.5 Å². The lowest BCUT2D eigenvalue weighted by Gasteiger charge is -2.09. The van der Waals surface area contributed by atoms with E-state index in [4.69, 9.17) is 4.74 Å². The Balaban J connectivity index is 1.76. The van der Waals surface area contributed by atoms with E-state index in [0.717, 1.165) is 5.56 Å². The van der Waals surface area contributed by atoms with E-state index in [0.29, 0.717) is 19.3 Å². The van der Waals surface area contributed by atoms with Crippen molar-refractivity contribution < 1.29 is 17.9 Å². The number of sulfone groups is 1. The largest absolute Gasteiger partial charge is 0.461 e. The Labute approximate surface area is 107 Å². The fraction of sp³-hybridized carbons (Fsp3) is 0.462. The second-order valence-electron chi connectivity index (χ2n) is 4.50. The van der Waals surface area contributed by atoms with Gasteiger partial charge in [-0.1, -0.05) is 30.3 Å². The van der Waals surface area contributed by atoms with Crippen LogP contribution in [0, 0.1) is 0 Å². The maximum absolute atomic E-state index is 11.6. The molecule has 2 rings (SSSR count). The summed E-state index contributed by atoms with van der Waals surface area (Å²) in [5, 5.41) is 0. The van der Waals surface area contributed by atoms with Gasteiger partial charge in [0, 0.05) is 6.42 Å². The lowest BCUT2D eigenvalue weighted by molar-refractivity contribution is -0.147. The van der Waals surface area contributed by atoms with Crippen molar-refractivity contribution in [1.82, 2.24) is 0 Å². The molecule has 0 radical (unpaired) electrons. The summed E-state index contributed by atoms with van der Waals surface area (Å²) in [5.41, 5.74) is 1.08. The molecule has 0 aromatic heterocycles. The topological polar surface area (TPSA) is 60.4 Å². The van der Waals surface area contributed by atoms with Gasteiger partial charge in [0.1, 0.15) is 6.10 Å². The Morgan fingerprint density at radius 2 is 2.00 bits per heavy atom. The predicted octanol–water partition coefficient (Wildman–Crippen LogP) is 1.35. The number of esters is 1. The van der Waals surface area contributed by atoms with Crippen LogP contribution in [0.2, 0.25) is 0 Å². The molecule has 0 spiro atoms.